The zero-order valence-corrected chi connectivity index (χ0v) is 15.7. The predicted molar refractivity (Wildman–Crippen MR) is 93.2 cm³/mol. The molecule has 1 rings (SSSR count). The highest BCUT2D eigenvalue weighted by atomic mass is 35.5. The summed E-state index contributed by atoms with van der Waals surface area (Å²) in [5.74, 6) is -0.750. The smallest absolute Gasteiger partial charge is 0.239 e. The molecule has 9 heteroatoms. The van der Waals surface area contributed by atoms with E-state index in [-0.39, 0.29) is 24.4 Å². The van der Waals surface area contributed by atoms with Crippen LogP contribution in [0.25, 0.3) is 0 Å². The van der Waals surface area contributed by atoms with E-state index in [1.54, 1.807) is 18.7 Å². The standard InChI is InChI=1S/C14H29N3O4S.ClH/c1-3-17(4-2)22(19,20)12-14(18)16-9-6-13(7-10-16)21-11-5-8-15;/h13H,3-12,15H2,1-2H3;1H. The molecule has 7 nitrogen and oxygen atoms in total. The second-order valence-corrected chi connectivity index (χ2v) is 7.40. The Hall–Kier alpha value is -0.410. The molecule has 0 aromatic carbocycles. The predicted octanol–water partition coefficient (Wildman–Crippen LogP) is 0.436. The molecule has 0 bridgehead atoms. The second kappa shape index (κ2) is 11.2. The van der Waals surface area contributed by atoms with Crippen molar-refractivity contribution >= 4 is 28.3 Å². The Bertz CT molecular complexity index is 435. The SMILES string of the molecule is CCN(CC)S(=O)(=O)CC(=O)N1CCC(OCCCN)CC1.Cl. The highest BCUT2D eigenvalue weighted by molar-refractivity contribution is 7.89. The summed E-state index contributed by atoms with van der Waals surface area (Å²) in [5.41, 5.74) is 5.42. The van der Waals surface area contributed by atoms with E-state index in [9.17, 15) is 13.2 Å². The van der Waals surface area contributed by atoms with Crippen molar-refractivity contribution in [3.63, 3.8) is 0 Å². The summed E-state index contributed by atoms with van der Waals surface area (Å²) >= 11 is 0. The molecule has 0 saturated carbocycles. The quantitative estimate of drug-likeness (QED) is 0.593. The van der Waals surface area contributed by atoms with Gasteiger partial charge in [-0.2, -0.15) is 0 Å². The van der Waals surface area contributed by atoms with Crippen LogP contribution in [0.1, 0.15) is 33.1 Å². The van der Waals surface area contributed by atoms with E-state index in [4.69, 9.17) is 10.5 Å². The van der Waals surface area contributed by atoms with Crippen molar-refractivity contribution < 1.29 is 17.9 Å². The number of nitrogens with zero attached hydrogens (tertiary/aromatic N) is 2. The Balaban J connectivity index is 0.00000484. The first-order valence-corrected chi connectivity index (χ1v) is 9.62. The molecule has 1 aliphatic rings. The van der Waals surface area contributed by atoms with Crippen LogP contribution >= 0.6 is 12.4 Å². The number of carbonyl (C=O) groups excluding carboxylic acids is 1. The molecular weight excluding hydrogens is 342 g/mol. The van der Waals surface area contributed by atoms with Gasteiger partial charge in [-0.3, -0.25) is 4.79 Å². The van der Waals surface area contributed by atoms with E-state index in [2.05, 4.69) is 0 Å². The molecule has 1 amide bonds. The Morgan fingerprint density at radius 3 is 2.30 bits per heavy atom. The Morgan fingerprint density at radius 2 is 1.83 bits per heavy atom. The lowest BCUT2D eigenvalue weighted by Crippen LogP contribution is -2.45. The van der Waals surface area contributed by atoms with Crippen molar-refractivity contribution in [3.8, 4) is 0 Å². The fourth-order valence-corrected chi connectivity index (χ4v) is 4.02. The molecule has 0 atom stereocenters. The first kappa shape index (κ1) is 22.6. The largest absolute Gasteiger partial charge is 0.378 e. The van der Waals surface area contributed by atoms with E-state index >= 15 is 0 Å². The Labute approximate surface area is 146 Å². The number of rotatable bonds is 9. The number of piperidine rings is 1. The molecule has 0 aliphatic carbocycles. The molecule has 0 aromatic heterocycles. The van der Waals surface area contributed by atoms with Gasteiger partial charge < -0.3 is 15.4 Å². The molecule has 1 saturated heterocycles. The number of nitrogens with two attached hydrogens (primary N) is 1. The molecule has 138 valence electrons. The van der Waals surface area contributed by atoms with Crippen molar-refractivity contribution in [2.24, 2.45) is 5.73 Å². The van der Waals surface area contributed by atoms with Crippen molar-refractivity contribution in [1.29, 1.82) is 0 Å². The second-order valence-electron chi connectivity index (χ2n) is 5.43. The minimum absolute atomic E-state index is 0. The summed E-state index contributed by atoms with van der Waals surface area (Å²) in [6, 6.07) is 0. The number of hydrogen-bond donors (Lipinski definition) is 1. The van der Waals surface area contributed by atoms with Crippen LogP contribution in [0.4, 0.5) is 0 Å². The normalized spacial score (nSPS) is 16.4. The zero-order chi connectivity index (χ0) is 16.6. The maximum Gasteiger partial charge on any atom is 0.239 e. The maximum absolute atomic E-state index is 12.2. The summed E-state index contributed by atoms with van der Waals surface area (Å²) in [4.78, 5) is 13.8. The van der Waals surface area contributed by atoms with Crippen LogP contribution in [-0.4, -0.2) is 74.7 Å². The molecule has 1 fully saturated rings. The van der Waals surface area contributed by atoms with E-state index < -0.39 is 15.8 Å². The first-order chi connectivity index (χ1) is 10.4. The third kappa shape index (κ3) is 7.34. The number of carbonyl (C=O) groups is 1. The molecular formula is C14H30ClN3O4S. The highest BCUT2D eigenvalue weighted by Gasteiger charge is 2.28. The molecule has 23 heavy (non-hydrogen) atoms. The van der Waals surface area contributed by atoms with Crippen LogP contribution in [0.2, 0.25) is 0 Å². The monoisotopic (exact) mass is 371 g/mol. The lowest BCUT2D eigenvalue weighted by molar-refractivity contribution is -0.131. The van der Waals surface area contributed by atoms with Gasteiger partial charge in [-0.15, -0.1) is 12.4 Å². The molecule has 2 N–H and O–H groups in total. The van der Waals surface area contributed by atoms with Gasteiger partial charge in [0.05, 0.1) is 6.10 Å². The molecule has 1 heterocycles. The lowest BCUT2D eigenvalue weighted by Gasteiger charge is -2.32. The Morgan fingerprint density at radius 1 is 1.26 bits per heavy atom. The number of sulfonamides is 1. The summed E-state index contributed by atoms with van der Waals surface area (Å²) < 4.78 is 31.3. The van der Waals surface area contributed by atoms with E-state index in [0.717, 1.165) is 19.3 Å². The van der Waals surface area contributed by atoms with Crippen molar-refractivity contribution in [3.05, 3.63) is 0 Å². The van der Waals surface area contributed by atoms with Gasteiger partial charge in [-0.25, -0.2) is 12.7 Å². The third-order valence-corrected chi connectivity index (χ3v) is 5.82. The molecule has 1 aliphatic heterocycles. The summed E-state index contributed by atoms with van der Waals surface area (Å²) in [7, 11) is -3.51. The number of halogens is 1. The van der Waals surface area contributed by atoms with Crippen LogP contribution in [0, 0.1) is 0 Å². The first-order valence-electron chi connectivity index (χ1n) is 8.01. The fraction of sp³-hybridized carbons (Fsp3) is 0.929. The van der Waals surface area contributed by atoms with Crippen molar-refractivity contribution in [2.45, 2.75) is 39.2 Å². The average molecular weight is 372 g/mol. The van der Waals surface area contributed by atoms with Gasteiger partial charge >= 0.3 is 0 Å². The van der Waals surface area contributed by atoms with Gasteiger partial charge in [-0.1, -0.05) is 13.8 Å². The third-order valence-electron chi connectivity index (χ3n) is 3.90. The van der Waals surface area contributed by atoms with Gasteiger partial charge in [-0.05, 0) is 25.8 Å². The average Bonchev–Trinajstić information content (AvgIpc) is 2.48. The zero-order valence-electron chi connectivity index (χ0n) is 14.1. The lowest BCUT2D eigenvalue weighted by atomic mass is 10.1. The molecule has 0 unspecified atom stereocenters. The van der Waals surface area contributed by atoms with Gasteiger partial charge in [0.1, 0.15) is 5.75 Å². The van der Waals surface area contributed by atoms with Crippen LogP contribution in [0.3, 0.4) is 0 Å². The van der Waals surface area contributed by atoms with Crippen LogP contribution in [0.5, 0.6) is 0 Å². The fourth-order valence-electron chi connectivity index (χ4n) is 2.56. The van der Waals surface area contributed by atoms with E-state index in [1.807, 2.05) is 0 Å². The minimum atomic E-state index is -3.51. The summed E-state index contributed by atoms with van der Waals surface area (Å²) in [6.07, 6.45) is 2.49. The van der Waals surface area contributed by atoms with Gasteiger partial charge in [0.15, 0.2) is 0 Å². The summed E-state index contributed by atoms with van der Waals surface area (Å²) in [5, 5.41) is 0. The van der Waals surface area contributed by atoms with Crippen molar-refractivity contribution in [2.75, 3.05) is 45.1 Å². The molecule has 0 radical (unpaired) electrons. The van der Waals surface area contributed by atoms with Crippen LogP contribution < -0.4 is 5.73 Å². The topological polar surface area (TPSA) is 92.9 Å². The maximum atomic E-state index is 12.2. The highest BCUT2D eigenvalue weighted by Crippen LogP contribution is 2.15. The van der Waals surface area contributed by atoms with Gasteiger partial charge in [0.25, 0.3) is 0 Å². The van der Waals surface area contributed by atoms with Gasteiger partial charge in [0, 0.05) is 32.8 Å². The Kier molecular flexibility index (Phi) is 11.0. The number of ether oxygens (including phenoxy) is 1. The minimum Gasteiger partial charge on any atom is -0.378 e. The summed E-state index contributed by atoms with van der Waals surface area (Å²) in [6.45, 7) is 6.70. The number of hydrogen-bond acceptors (Lipinski definition) is 5. The number of likely N-dealkylation sites (tertiary alicyclic amines) is 1. The van der Waals surface area contributed by atoms with Crippen LogP contribution in [-0.2, 0) is 19.6 Å². The van der Waals surface area contributed by atoms with Gasteiger partial charge in [0.2, 0.25) is 15.9 Å². The van der Waals surface area contributed by atoms with Crippen LogP contribution in [0.15, 0.2) is 0 Å². The molecule has 0 aromatic rings. The van der Waals surface area contributed by atoms with E-state index in [1.165, 1.54) is 4.31 Å². The van der Waals surface area contributed by atoms with E-state index in [0.29, 0.717) is 39.3 Å². The molecule has 0 spiro atoms. The number of amides is 1. The van der Waals surface area contributed by atoms with Crippen molar-refractivity contribution in [1.82, 2.24) is 9.21 Å².